The van der Waals surface area contributed by atoms with Gasteiger partial charge < -0.3 is 9.72 Å². The van der Waals surface area contributed by atoms with Crippen molar-refractivity contribution in [3.05, 3.63) is 54.1 Å². The van der Waals surface area contributed by atoms with Crippen molar-refractivity contribution in [2.45, 2.75) is 32.8 Å². The number of nitrogens with zero attached hydrogens (tertiary/aromatic N) is 1. The molecule has 0 unspecified atom stereocenters. The molecule has 0 saturated carbocycles. The van der Waals surface area contributed by atoms with Gasteiger partial charge in [0.05, 0.1) is 12.2 Å². The van der Waals surface area contributed by atoms with E-state index in [1.807, 2.05) is 44.2 Å². The minimum Gasteiger partial charge on any atom is -0.491 e. The summed E-state index contributed by atoms with van der Waals surface area (Å²) in [4.78, 5) is 3.51. The second-order valence-corrected chi connectivity index (χ2v) is 5.88. The molecule has 0 aliphatic carbocycles. The van der Waals surface area contributed by atoms with Crippen LogP contribution in [0.15, 0.2) is 48.5 Å². The van der Waals surface area contributed by atoms with Crippen molar-refractivity contribution in [3.8, 4) is 23.1 Å². The van der Waals surface area contributed by atoms with E-state index < -0.39 is 0 Å². The van der Waals surface area contributed by atoms with Crippen molar-refractivity contribution in [3.63, 3.8) is 0 Å². The van der Waals surface area contributed by atoms with Gasteiger partial charge in [-0.15, -0.1) is 0 Å². The Labute approximate surface area is 136 Å². The van der Waals surface area contributed by atoms with E-state index in [0.29, 0.717) is 6.42 Å². The summed E-state index contributed by atoms with van der Waals surface area (Å²) in [6, 6.07) is 18.6. The Balaban J connectivity index is 2.12. The number of aryl methyl sites for hydroxylation is 1. The van der Waals surface area contributed by atoms with E-state index in [9.17, 15) is 0 Å². The third-order valence-electron chi connectivity index (χ3n) is 3.80. The molecule has 0 saturated heterocycles. The summed E-state index contributed by atoms with van der Waals surface area (Å²) in [5.74, 6) is 0.861. The lowest BCUT2D eigenvalue weighted by atomic mass is 10.0. The fourth-order valence-corrected chi connectivity index (χ4v) is 2.87. The lowest BCUT2D eigenvalue weighted by molar-refractivity contribution is 0.242. The quantitative estimate of drug-likeness (QED) is 0.714. The van der Waals surface area contributed by atoms with Gasteiger partial charge in [-0.25, -0.2) is 0 Å². The molecule has 2 aromatic carbocycles. The van der Waals surface area contributed by atoms with Gasteiger partial charge >= 0.3 is 0 Å². The number of nitrogens with one attached hydrogen (secondary N) is 1. The summed E-state index contributed by atoms with van der Waals surface area (Å²) in [7, 11) is 0. The van der Waals surface area contributed by atoms with Crippen LogP contribution in [-0.4, -0.2) is 11.1 Å². The van der Waals surface area contributed by atoms with Gasteiger partial charge in [0.2, 0.25) is 0 Å². The summed E-state index contributed by atoms with van der Waals surface area (Å²) in [6.07, 6.45) is 1.40. The number of rotatable bonds is 5. The van der Waals surface area contributed by atoms with Crippen molar-refractivity contribution < 1.29 is 4.74 Å². The molecule has 116 valence electrons. The van der Waals surface area contributed by atoms with Crippen LogP contribution in [0.1, 0.15) is 25.8 Å². The normalized spacial score (nSPS) is 10.9. The molecule has 0 aliphatic rings. The molecule has 23 heavy (non-hydrogen) atoms. The minimum absolute atomic E-state index is 0.147. The highest BCUT2D eigenvalue weighted by molar-refractivity contribution is 5.91. The molecular formula is C20H20N2O. The van der Waals surface area contributed by atoms with Crippen LogP contribution >= 0.6 is 0 Å². The van der Waals surface area contributed by atoms with Gasteiger partial charge in [-0.1, -0.05) is 30.3 Å². The molecule has 0 radical (unpaired) electrons. The summed E-state index contributed by atoms with van der Waals surface area (Å²) >= 11 is 0. The van der Waals surface area contributed by atoms with Gasteiger partial charge in [0.25, 0.3) is 0 Å². The molecule has 0 aliphatic heterocycles. The van der Waals surface area contributed by atoms with E-state index in [-0.39, 0.29) is 6.10 Å². The van der Waals surface area contributed by atoms with Crippen LogP contribution in [0.2, 0.25) is 0 Å². The summed E-state index contributed by atoms with van der Waals surface area (Å²) in [6.45, 7) is 4.04. The van der Waals surface area contributed by atoms with Crippen LogP contribution in [0.3, 0.4) is 0 Å². The van der Waals surface area contributed by atoms with E-state index in [1.165, 1.54) is 5.56 Å². The second-order valence-electron chi connectivity index (χ2n) is 5.88. The Morgan fingerprint density at radius 1 is 1.13 bits per heavy atom. The molecule has 0 atom stereocenters. The lowest BCUT2D eigenvalue weighted by Gasteiger charge is -2.09. The molecule has 0 fully saturated rings. The monoisotopic (exact) mass is 304 g/mol. The highest BCUT2D eigenvalue weighted by Gasteiger charge is 2.13. The van der Waals surface area contributed by atoms with E-state index in [2.05, 4.69) is 29.3 Å². The Morgan fingerprint density at radius 2 is 1.91 bits per heavy atom. The van der Waals surface area contributed by atoms with Crippen molar-refractivity contribution in [1.82, 2.24) is 4.98 Å². The van der Waals surface area contributed by atoms with Gasteiger partial charge in [-0.3, -0.25) is 0 Å². The third-order valence-corrected chi connectivity index (χ3v) is 3.80. The predicted molar refractivity (Wildman–Crippen MR) is 93.4 cm³/mol. The fourth-order valence-electron chi connectivity index (χ4n) is 2.87. The average Bonchev–Trinajstić information content (AvgIpc) is 2.91. The van der Waals surface area contributed by atoms with Crippen LogP contribution in [0.4, 0.5) is 0 Å². The van der Waals surface area contributed by atoms with Crippen LogP contribution in [0.25, 0.3) is 22.2 Å². The maximum Gasteiger partial charge on any atom is 0.121 e. The van der Waals surface area contributed by atoms with Crippen molar-refractivity contribution in [2.75, 3.05) is 0 Å². The molecule has 0 bridgehead atoms. The first-order valence-electron chi connectivity index (χ1n) is 7.92. The number of aromatic amines is 1. The van der Waals surface area contributed by atoms with Crippen molar-refractivity contribution >= 4 is 10.9 Å². The second kappa shape index (κ2) is 6.58. The van der Waals surface area contributed by atoms with Crippen LogP contribution < -0.4 is 4.74 Å². The first kappa shape index (κ1) is 15.2. The number of fused-ring (bicyclic) bond motifs is 1. The molecular weight excluding hydrogens is 284 g/mol. The summed E-state index contributed by atoms with van der Waals surface area (Å²) < 4.78 is 5.79. The van der Waals surface area contributed by atoms with E-state index >= 15 is 0 Å². The highest BCUT2D eigenvalue weighted by Crippen LogP contribution is 2.33. The molecule has 3 heteroatoms. The van der Waals surface area contributed by atoms with Crippen molar-refractivity contribution in [2.24, 2.45) is 0 Å². The Bertz CT molecular complexity index is 841. The van der Waals surface area contributed by atoms with Crippen LogP contribution in [0, 0.1) is 11.3 Å². The zero-order valence-electron chi connectivity index (χ0n) is 13.5. The molecule has 1 aromatic heterocycles. The molecule has 1 heterocycles. The zero-order chi connectivity index (χ0) is 16.2. The Hall–Kier alpha value is -2.73. The van der Waals surface area contributed by atoms with Crippen LogP contribution in [-0.2, 0) is 6.42 Å². The first-order valence-corrected chi connectivity index (χ1v) is 7.92. The van der Waals surface area contributed by atoms with E-state index in [0.717, 1.165) is 34.3 Å². The topological polar surface area (TPSA) is 48.8 Å². The molecule has 0 amide bonds. The Morgan fingerprint density at radius 3 is 2.61 bits per heavy atom. The number of benzene rings is 2. The summed E-state index contributed by atoms with van der Waals surface area (Å²) in [5.41, 5.74) is 4.49. The maximum absolute atomic E-state index is 8.96. The van der Waals surface area contributed by atoms with E-state index in [1.54, 1.807) is 0 Å². The lowest BCUT2D eigenvalue weighted by Crippen LogP contribution is -2.05. The SMILES string of the molecule is CC(C)Oc1ccc2c(CCC#N)c(-c3ccccc3)[nH]c2c1. The van der Waals surface area contributed by atoms with Gasteiger partial charge in [0, 0.05) is 29.1 Å². The van der Waals surface area contributed by atoms with Crippen molar-refractivity contribution in [1.29, 1.82) is 5.26 Å². The number of hydrogen-bond donors (Lipinski definition) is 1. The predicted octanol–water partition coefficient (Wildman–Crippen LogP) is 5.08. The number of ether oxygens (including phenoxy) is 1. The molecule has 0 spiro atoms. The minimum atomic E-state index is 0.147. The van der Waals surface area contributed by atoms with Gasteiger partial charge in [0.1, 0.15) is 5.75 Å². The maximum atomic E-state index is 8.96. The third kappa shape index (κ3) is 3.22. The fraction of sp³-hybridized carbons (Fsp3) is 0.250. The summed E-state index contributed by atoms with van der Waals surface area (Å²) in [5, 5.41) is 10.1. The van der Waals surface area contributed by atoms with Gasteiger partial charge in [-0.2, -0.15) is 5.26 Å². The standard InChI is InChI=1S/C20H20N2O/c1-14(2)23-16-10-11-17-18(9-6-12-21)20(22-19(17)13-16)15-7-4-3-5-8-15/h3-5,7-8,10-11,13-14,22H,6,9H2,1-2H3. The highest BCUT2D eigenvalue weighted by atomic mass is 16.5. The smallest absolute Gasteiger partial charge is 0.121 e. The number of hydrogen-bond acceptors (Lipinski definition) is 2. The molecule has 3 aromatic rings. The average molecular weight is 304 g/mol. The number of nitriles is 1. The Kier molecular flexibility index (Phi) is 4.34. The van der Waals surface area contributed by atoms with E-state index in [4.69, 9.17) is 10.00 Å². The molecule has 3 nitrogen and oxygen atoms in total. The number of aromatic nitrogens is 1. The number of H-pyrrole nitrogens is 1. The van der Waals surface area contributed by atoms with Gasteiger partial charge in [0.15, 0.2) is 0 Å². The largest absolute Gasteiger partial charge is 0.491 e. The molecule has 3 rings (SSSR count). The van der Waals surface area contributed by atoms with Crippen LogP contribution in [0.5, 0.6) is 5.75 Å². The zero-order valence-corrected chi connectivity index (χ0v) is 13.5. The molecule has 1 N–H and O–H groups in total. The van der Waals surface area contributed by atoms with Gasteiger partial charge in [-0.05, 0) is 43.5 Å². The first-order chi connectivity index (χ1) is 11.2.